The van der Waals surface area contributed by atoms with Crippen LogP contribution in [0, 0.1) is 0 Å². The van der Waals surface area contributed by atoms with Gasteiger partial charge in [0.05, 0.1) is 19.8 Å². The summed E-state index contributed by atoms with van der Waals surface area (Å²) in [5.41, 5.74) is 1.14. The molecule has 0 saturated carbocycles. The Bertz CT molecular complexity index is 611. The molecular formula is C20H25NO3. The van der Waals surface area contributed by atoms with Gasteiger partial charge in [0.1, 0.15) is 11.5 Å². The van der Waals surface area contributed by atoms with Crippen LogP contribution < -0.4 is 14.8 Å². The molecule has 0 aliphatic carbocycles. The number of rotatable bonds is 9. The molecule has 0 aromatic heterocycles. The van der Waals surface area contributed by atoms with Crippen molar-refractivity contribution in [3.63, 3.8) is 0 Å². The topological polar surface area (TPSA) is 47.6 Å². The molecule has 0 unspecified atom stereocenters. The van der Waals surface area contributed by atoms with Crippen molar-refractivity contribution < 1.29 is 14.3 Å². The maximum atomic E-state index is 12.1. The van der Waals surface area contributed by atoms with E-state index < -0.39 is 0 Å². The van der Waals surface area contributed by atoms with Crippen LogP contribution in [-0.4, -0.2) is 19.6 Å². The number of methoxy groups -OCH3 is 1. The summed E-state index contributed by atoms with van der Waals surface area (Å²) >= 11 is 0. The lowest BCUT2D eigenvalue weighted by Crippen LogP contribution is -2.28. The van der Waals surface area contributed by atoms with E-state index in [0.29, 0.717) is 19.4 Å². The summed E-state index contributed by atoms with van der Waals surface area (Å²) in [7, 11) is 1.63. The fourth-order valence-corrected chi connectivity index (χ4v) is 2.47. The molecule has 0 aliphatic heterocycles. The van der Waals surface area contributed by atoms with Gasteiger partial charge < -0.3 is 14.8 Å². The summed E-state index contributed by atoms with van der Waals surface area (Å²) < 4.78 is 10.7. The third-order valence-corrected chi connectivity index (χ3v) is 3.82. The summed E-state index contributed by atoms with van der Waals surface area (Å²) in [5, 5.41) is 3.09. The van der Waals surface area contributed by atoms with Crippen molar-refractivity contribution in [1.82, 2.24) is 5.32 Å². The maximum absolute atomic E-state index is 12.1. The van der Waals surface area contributed by atoms with Gasteiger partial charge in [-0.1, -0.05) is 37.3 Å². The van der Waals surface area contributed by atoms with E-state index in [1.807, 2.05) is 54.6 Å². The second-order valence-corrected chi connectivity index (χ2v) is 5.57. The molecule has 1 amide bonds. The Balaban J connectivity index is 1.70. The van der Waals surface area contributed by atoms with E-state index in [4.69, 9.17) is 9.47 Å². The first-order valence-electron chi connectivity index (χ1n) is 8.34. The average molecular weight is 327 g/mol. The second kappa shape index (κ2) is 9.60. The van der Waals surface area contributed by atoms with Gasteiger partial charge in [0, 0.05) is 6.42 Å². The van der Waals surface area contributed by atoms with Crippen LogP contribution in [0.1, 0.15) is 37.8 Å². The Morgan fingerprint density at radius 1 is 1.04 bits per heavy atom. The van der Waals surface area contributed by atoms with Crippen molar-refractivity contribution in [3.05, 3.63) is 60.2 Å². The third-order valence-electron chi connectivity index (χ3n) is 3.82. The van der Waals surface area contributed by atoms with Gasteiger partial charge in [-0.15, -0.1) is 0 Å². The summed E-state index contributed by atoms with van der Waals surface area (Å²) in [4.78, 5) is 12.1. The lowest BCUT2D eigenvalue weighted by atomic mass is 10.0. The van der Waals surface area contributed by atoms with Crippen LogP contribution >= 0.6 is 0 Å². The normalized spacial score (nSPS) is 11.6. The number of hydrogen-bond donors (Lipinski definition) is 1. The molecule has 128 valence electrons. The Hall–Kier alpha value is -2.49. The molecular weight excluding hydrogens is 302 g/mol. The van der Waals surface area contributed by atoms with Gasteiger partial charge in [0.2, 0.25) is 5.91 Å². The molecule has 0 fully saturated rings. The number of nitrogens with one attached hydrogen (secondary N) is 1. The van der Waals surface area contributed by atoms with E-state index in [2.05, 4.69) is 12.2 Å². The molecule has 0 saturated heterocycles. The van der Waals surface area contributed by atoms with E-state index >= 15 is 0 Å². The summed E-state index contributed by atoms with van der Waals surface area (Å²) in [6.45, 7) is 2.59. The molecule has 0 heterocycles. The highest BCUT2D eigenvalue weighted by molar-refractivity contribution is 5.76. The van der Waals surface area contributed by atoms with Crippen LogP contribution in [0.25, 0.3) is 0 Å². The first kappa shape index (κ1) is 17.9. The van der Waals surface area contributed by atoms with Crippen molar-refractivity contribution in [1.29, 1.82) is 0 Å². The predicted molar refractivity (Wildman–Crippen MR) is 95.3 cm³/mol. The summed E-state index contributed by atoms with van der Waals surface area (Å²) in [6.07, 6.45) is 2.01. The molecule has 1 N–H and O–H groups in total. The van der Waals surface area contributed by atoms with Gasteiger partial charge in [-0.05, 0) is 42.7 Å². The van der Waals surface area contributed by atoms with E-state index in [-0.39, 0.29) is 11.9 Å². The van der Waals surface area contributed by atoms with Gasteiger partial charge in [-0.2, -0.15) is 0 Å². The van der Waals surface area contributed by atoms with Gasteiger partial charge in [0.25, 0.3) is 0 Å². The molecule has 2 aromatic rings. The number of carbonyl (C=O) groups is 1. The zero-order chi connectivity index (χ0) is 17.2. The molecule has 0 radical (unpaired) electrons. The van der Waals surface area contributed by atoms with Gasteiger partial charge >= 0.3 is 0 Å². The zero-order valence-electron chi connectivity index (χ0n) is 14.3. The van der Waals surface area contributed by atoms with Crippen LogP contribution in [0.5, 0.6) is 11.5 Å². The van der Waals surface area contributed by atoms with Gasteiger partial charge in [-0.25, -0.2) is 0 Å². The van der Waals surface area contributed by atoms with E-state index in [0.717, 1.165) is 23.5 Å². The highest BCUT2D eigenvalue weighted by Crippen LogP contribution is 2.18. The van der Waals surface area contributed by atoms with Crippen LogP contribution in [-0.2, 0) is 4.79 Å². The third kappa shape index (κ3) is 5.61. The molecule has 0 aliphatic rings. The predicted octanol–water partition coefficient (Wildman–Crippen LogP) is 4.12. The fraction of sp³-hybridized carbons (Fsp3) is 0.350. The maximum Gasteiger partial charge on any atom is 0.220 e. The summed E-state index contributed by atoms with van der Waals surface area (Å²) in [5.74, 6) is 1.64. The number of hydrogen-bond acceptors (Lipinski definition) is 3. The SMILES string of the molecule is CC[C@@H](NC(=O)CCCOc1ccc(OC)cc1)c1ccccc1. The minimum Gasteiger partial charge on any atom is -0.497 e. The van der Waals surface area contributed by atoms with Gasteiger partial charge in [-0.3, -0.25) is 4.79 Å². The highest BCUT2D eigenvalue weighted by atomic mass is 16.5. The first-order valence-corrected chi connectivity index (χ1v) is 8.34. The number of carbonyl (C=O) groups excluding carboxylic acids is 1. The largest absolute Gasteiger partial charge is 0.497 e. The summed E-state index contributed by atoms with van der Waals surface area (Å²) in [6, 6.07) is 17.6. The Kier molecular flexibility index (Phi) is 7.15. The Morgan fingerprint density at radius 2 is 1.71 bits per heavy atom. The van der Waals surface area contributed by atoms with E-state index in [1.54, 1.807) is 7.11 Å². The first-order chi connectivity index (χ1) is 11.7. The highest BCUT2D eigenvalue weighted by Gasteiger charge is 2.11. The lowest BCUT2D eigenvalue weighted by molar-refractivity contribution is -0.122. The monoisotopic (exact) mass is 327 g/mol. The van der Waals surface area contributed by atoms with Crippen LogP contribution in [0.4, 0.5) is 0 Å². The second-order valence-electron chi connectivity index (χ2n) is 5.57. The molecule has 24 heavy (non-hydrogen) atoms. The molecule has 2 aromatic carbocycles. The van der Waals surface area contributed by atoms with Crippen molar-refractivity contribution in [3.8, 4) is 11.5 Å². The van der Waals surface area contributed by atoms with E-state index in [1.165, 1.54) is 0 Å². The van der Waals surface area contributed by atoms with Crippen LogP contribution in [0.3, 0.4) is 0 Å². The quantitative estimate of drug-likeness (QED) is 0.705. The van der Waals surface area contributed by atoms with Crippen LogP contribution in [0.15, 0.2) is 54.6 Å². The average Bonchev–Trinajstić information content (AvgIpc) is 2.64. The molecule has 2 rings (SSSR count). The van der Waals surface area contributed by atoms with Crippen molar-refractivity contribution in [2.75, 3.05) is 13.7 Å². The number of ether oxygens (including phenoxy) is 2. The standard InChI is InChI=1S/C20H25NO3/c1-3-19(16-8-5-4-6-9-16)21-20(22)10-7-15-24-18-13-11-17(23-2)12-14-18/h4-6,8-9,11-14,19H,3,7,10,15H2,1-2H3,(H,21,22)/t19-/m1/s1. The van der Waals surface area contributed by atoms with Crippen molar-refractivity contribution in [2.45, 2.75) is 32.2 Å². The molecule has 0 bridgehead atoms. The van der Waals surface area contributed by atoms with Gasteiger partial charge in [0.15, 0.2) is 0 Å². The molecule has 4 heteroatoms. The minimum atomic E-state index is 0.0593. The minimum absolute atomic E-state index is 0.0593. The van der Waals surface area contributed by atoms with E-state index in [9.17, 15) is 4.79 Å². The molecule has 4 nitrogen and oxygen atoms in total. The molecule has 0 spiro atoms. The van der Waals surface area contributed by atoms with Crippen molar-refractivity contribution in [2.24, 2.45) is 0 Å². The van der Waals surface area contributed by atoms with Crippen molar-refractivity contribution >= 4 is 5.91 Å². The number of amides is 1. The van der Waals surface area contributed by atoms with Crippen LogP contribution in [0.2, 0.25) is 0 Å². The number of benzene rings is 2. The Morgan fingerprint density at radius 3 is 2.33 bits per heavy atom. The smallest absolute Gasteiger partial charge is 0.220 e. The Labute approximate surface area is 143 Å². The molecule has 1 atom stereocenters. The fourth-order valence-electron chi connectivity index (χ4n) is 2.47. The zero-order valence-corrected chi connectivity index (χ0v) is 14.3. The lowest BCUT2D eigenvalue weighted by Gasteiger charge is -2.17.